The largest absolute Gasteiger partial charge is 0.459 e. The molecule has 0 aliphatic carbocycles. The van der Waals surface area contributed by atoms with Crippen molar-refractivity contribution in [2.75, 3.05) is 0 Å². The number of esters is 1. The molecule has 0 saturated heterocycles. The van der Waals surface area contributed by atoms with Gasteiger partial charge < -0.3 is 9.84 Å². The van der Waals surface area contributed by atoms with E-state index in [-0.39, 0.29) is 5.56 Å². The first-order valence-electron chi connectivity index (χ1n) is 8.43. The fraction of sp³-hybridized carbons (Fsp3) is 0.381. The van der Waals surface area contributed by atoms with Gasteiger partial charge in [0.05, 0.1) is 5.60 Å². The van der Waals surface area contributed by atoms with Gasteiger partial charge in [-0.1, -0.05) is 31.2 Å². The zero-order valence-electron chi connectivity index (χ0n) is 15.6. The van der Waals surface area contributed by atoms with Crippen LogP contribution in [0, 0.1) is 17.6 Å². The zero-order valence-corrected chi connectivity index (χ0v) is 15.6. The minimum atomic E-state index is -1.28. The molecule has 0 spiro atoms. The average molecular weight is 362 g/mol. The first kappa shape index (κ1) is 20.0. The van der Waals surface area contributed by atoms with Gasteiger partial charge in [0.25, 0.3) is 0 Å². The van der Waals surface area contributed by atoms with Crippen LogP contribution in [0.1, 0.15) is 40.2 Å². The predicted molar refractivity (Wildman–Crippen MR) is 96.4 cm³/mol. The van der Waals surface area contributed by atoms with Crippen LogP contribution in [0.3, 0.4) is 0 Å². The molecule has 2 atom stereocenters. The van der Waals surface area contributed by atoms with Gasteiger partial charge in [-0.25, -0.2) is 8.78 Å². The van der Waals surface area contributed by atoms with Gasteiger partial charge in [0.1, 0.15) is 17.2 Å². The third-order valence-electron chi connectivity index (χ3n) is 5.00. The molecule has 26 heavy (non-hydrogen) atoms. The summed E-state index contributed by atoms with van der Waals surface area (Å²) in [4.78, 5) is 11.3. The molecule has 0 heterocycles. The molecule has 0 bridgehead atoms. The van der Waals surface area contributed by atoms with Crippen LogP contribution in [0.15, 0.2) is 42.5 Å². The van der Waals surface area contributed by atoms with E-state index in [9.17, 15) is 18.7 Å². The van der Waals surface area contributed by atoms with Gasteiger partial charge in [-0.2, -0.15) is 0 Å². The first-order chi connectivity index (χ1) is 11.9. The van der Waals surface area contributed by atoms with Crippen LogP contribution in [0.5, 0.6) is 0 Å². The Kier molecular flexibility index (Phi) is 5.52. The van der Waals surface area contributed by atoms with Crippen LogP contribution < -0.4 is 0 Å². The predicted octanol–water partition coefficient (Wildman–Crippen LogP) is 4.82. The molecule has 3 nitrogen and oxygen atoms in total. The van der Waals surface area contributed by atoms with Crippen molar-refractivity contribution in [2.24, 2.45) is 5.92 Å². The SMILES string of the molecule is CC(=O)OC(C)(C)C(C)C(C)(O)c1ccc(-c2ccc(F)cc2F)cc1. The molecule has 140 valence electrons. The maximum absolute atomic E-state index is 13.9. The third kappa shape index (κ3) is 4.10. The second-order valence-corrected chi connectivity index (χ2v) is 7.27. The Morgan fingerprint density at radius 2 is 1.65 bits per heavy atom. The van der Waals surface area contributed by atoms with E-state index in [1.54, 1.807) is 52.0 Å². The van der Waals surface area contributed by atoms with E-state index in [0.29, 0.717) is 11.1 Å². The minimum absolute atomic E-state index is 0.283. The third-order valence-corrected chi connectivity index (χ3v) is 5.00. The monoisotopic (exact) mass is 362 g/mol. The Balaban J connectivity index is 2.32. The second-order valence-electron chi connectivity index (χ2n) is 7.27. The topological polar surface area (TPSA) is 46.5 Å². The van der Waals surface area contributed by atoms with Crippen LogP contribution in [0.25, 0.3) is 11.1 Å². The van der Waals surface area contributed by atoms with E-state index < -0.39 is 34.7 Å². The fourth-order valence-corrected chi connectivity index (χ4v) is 3.10. The molecule has 0 aliphatic rings. The first-order valence-corrected chi connectivity index (χ1v) is 8.43. The Morgan fingerprint density at radius 1 is 1.08 bits per heavy atom. The van der Waals surface area contributed by atoms with Crippen LogP contribution in [0.4, 0.5) is 8.78 Å². The smallest absolute Gasteiger partial charge is 0.303 e. The number of benzene rings is 2. The van der Waals surface area contributed by atoms with Gasteiger partial charge in [-0.05, 0) is 44.0 Å². The Labute approximate surface area is 152 Å². The van der Waals surface area contributed by atoms with E-state index in [4.69, 9.17) is 4.74 Å². The number of aliphatic hydroxyl groups is 1. The molecule has 2 rings (SSSR count). The molecule has 0 aliphatic heterocycles. The number of hydrogen-bond donors (Lipinski definition) is 1. The molecule has 0 amide bonds. The Morgan fingerprint density at radius 3 is 2.15 bits per heavy atom. The van der Waals surface area contributed by atoms with Gasteiger partial charge in [-0.3, -0.25) is 4.79 Å². The lowest BCUT2D eigenvalue weighted by Gasteiger charge is -2.40. The minimum Gasteiger partial charge on any atom is -0.459 e. The maximum Gasteiger partial charge on any atom is 0.303 e. The van der Waals surface area contributed by atoms with Crippen molar-refractivity contribution in [2.45, 2.75) is 45.8 Å². The Hall–Kier alpha value is -2.27. The highest BCUT2D eigenvalue weighted by Crippen LogP contribution is 2.38. The van der Waals surface area contributed by atoms with Crippen molar-refractivity contribution in [1.82, 2.24) is 0 Å². The summed E-state index contributed by atoms with van der Waals surface area (Å²) in [5, 5.41) is 11.0. The van der Waals surface area contributed by atoms with Crippen molar-refractivity contribution in [3.63, 3.8) is 0 Å². The lowest BCUT2D eigenvalue weighted by Crippen LogP contribution is -2.46. The fourth-order valence-electron chi connectivity index (χ4n) is 3.10. The average Bonchev–Trinajstić information content (AvgIpc) is 2.53. The molecular formula is C21H24F2O3. The molecule has 0 radical (unpaired) electrons. The van der Waals surface area contributed by atoms with Gasteiger partial charge in [-0.15, -0.1) is 0 Å². The lowest BCUT2D eigenvalue weighted by atomic mass is 9.75. The normalized spacial score (nSPS) is 15.2. The number of ether oxygens (including phenoxy) is 1. The number of rotatable bonds is 5. The number of carbonyl (C=O) groups is 1. The van der Waals surface area contributed by atoms with E-state index in [0.717, 1.165) is 6.07 Å². The second kappa shape index (κ2) is 7.16. The number of carbonyl (C=O) groups excluding carboxylic acids is 1. The molecule has 0 saturated carbocycles. The zero-order chi connectivity index (χ0) is 19.7. The van der Waals surface area contributed by atoms with Crippen LogP contribution in [0.2, 0.25) is 0 Å². The molecule has 0 aromatic heterocycles. The van der Waals surface area contributed by atoms with E-state index in [1.807, 2.05) is 0 Å². The lowest BCUT2D eigenvalue weighted by molar-refractivity contribution is -0.170. The molecule has 2 aromatic rings. The highest BCUT2D eigenvalue weighted by molar-refractivity contribution is 5.66. The van der Waals surface area contributed by atoms with Crippen molar-refractivity contribution in [1.29, 1.82) is 0 Å². The van der Waals surface area contributed by atoms with Crippen molar-refractivity contribution >= 4 is 5.97 Å². The summed E-state index contributed by atoms with van der Waals surface area (Å²) in [7, 11) is 0. The summed E-state index contributed by atoms with van der Waals surface area (Å²) in [5.41, 5.74) is -0.688. The summed E-state index contributed by atoms with van der Waals surface area (Å²) >= 11 is 0. The highest BCUT2D eigenvalue weighted by Gasteiger charge is 2.42. The van der Waals surface area contributed by atoms with Crippen molar-refractivity contribution in [3.05, 3.63) is 59.7 Å². The maximum atomic E-state index is 13.9. The van der Waals surface area contributed by atoms with Crippen molar-refractivity contribution < 1.29 is 23.4 Å². The highest BCUT2D eigenvalue weighted by atomic mass is 19.1. The quantitative estimate of drug-likeness (QED) is 0.776. The Bertz CT molecular complexity index is 795. The summed E-state index contributed by atoms with van der Waals surface area (Å²) < 4.78 is 32.3. The van der Waals surface area contributed by atoms with E-state index >= 15 is 0 Å². The summed E-state index contributed by atoms with van der Waals surface area (Å²) in [6, 6.07) is 10.1. The molecule has 2 unspecified atom stereocenters. The molecule has 0 fully saturated rings. The van der Waals surface area contributed by atoms with Crippen LogP contribution in [-0.4, -0.2) is 16.7 Å². The molecule has 2 aromatic carbocycles. The summed E-state index contributed by atoms with van der Waals surface area (Å²) in [6.45, 7) is 8.27. The summed E-state index contributed by atoms with van der Waals surface area (Å²) in [6.07, 6.45) is 0. The van der Waals surface area contributed by atoms with E-state index in [1.165, 1.54) is 19.1 Å². The van der Waals surface area contributed by atoms with Gasteiger partial charge in [0, 0.05) is 24.5 Å². The standard InChI is InChI=1S/C21H24F2O3/c1-13(20(3,4)26-14(2)24)21(5,25)16-8-6-15(7-9-16)18-11-10-17(22)12-19(18)23/h6-13,25H,1-5H3. The van der Waals surface area contributed by atoms with E-state index in [2.05, 4.69) is 0 Å². The number of hydrogen-bond acceptors (Lipinski definition) is 3. The molecule has 1 N–H and O–H groups in total. The number of halogens is 2. The van der Waals surface area contributed by atoms with Crippen molar-refractivity contribution in [3.8, 4) is 11.1 Å². The van der Waals surface area contributed by atoms with Gasteiger partial charge >= 0.3 is 5.97 Å². The van der Waals surface area contributed by atoms with Crippen LogP contribution in [-0.2, 0) is 15.1 Å². The molecule has 5 heteroatoms. The molecular weight excluding hydrogens is 338 g/mol. The van der Waals surface area contributed by atoms with Gasteiger partial charge in [0.2, 0.25) is 0 Å². The van der Waals surface area contributed by atoms with Gasteiger partial charge in [0.15, 0.2) is 0 Å². The van der Waals surface area contributed by atoms with Crippen LogP contribution >= 0.6 is 0 Å². The summed E-state index contributed by atoms with van der Waals surface area (Å²) in [5.74, 6) is -2.10.